The number of rotatable bonds is 6. The zero-order valence-electron chi connectivity index (χ0n) is 11.5. The third kappa shape index (κ3) is 5.09. The van der Waals surface area contributed by atoms with Gasteiger partial charge in [0.25, 0.3) is 0 Å². The lowest BCUT2D eigenvalue weighted by atomic mass is 10.1. The topological polar surface area (TPSA) is 37.8 Å². The minimum atomic E-state index is -4.28. The standard InChI is InChI=1S/C14H16F3N3S/c1-10-20-12(9-21-10)4-7-19-13(14(15,16)17)8-11-2-5-18-6-3-11/h2-3,5-6,9,13,19H,4,7-8H2,1H3/t13-/m1/s1. The third-order valence-corrected chi connectivity index (χ3v) is 3.85. The third-order valence-electron chi connectivity index (χ3n) is 3.02. The lowest BCUT2D eigenvalue weighted by Gasteiger charge is -2.21. The fourth-order valence-corrected chi connectivity index (χ4v) is 2.60. The SMILES string of the molecule is Cc1nc(CCN[C@H](Cc2ccncc2)C(F)(F)F)cs1. The highest BCUT2D eigenvalue weighted by molar-refractivity contribution is 7.09. The van der Waals surface area contributed by atoms with Crippen molar-refractivity contribution >= 4 is 11.3 Å². The van der Waals surface area contributed by atoms with Crippen LogP contribution in [0.4, 0.5) is 13.2 Å². The van der Waals surface area contributed by atoms with Gasteiger partial charge in [-0.1, -0.05) is 0 Å². The van der Waals surface area contributed by atoms with Crippen molar-refractivity contribution in [3.63, 3.8) is 0 Å². The van der Waals surface area contributed by atoms with Gasteiger partial charge < -0.3 is 5.32 Å². The highest BCUT2D eigenvalue weighted by Crippen LogP contribution is 2.23. The van der Waals surface area contributed by atoms with Crippen molar-refractivity contribution in [3.05, 3.63) is 46.2 Å². The smallest absolute Gasteiger partial charge is 0.305 e. The summed E-state index contributed by atoms with van der Waals surface area (Å²) in [5.41, 5.74) is 1.44. The van der Waals surface area contributed by atoms with E-state index in [1.54, 1.807) is 12.1 Å². The molecule has 2 rings (SSSR count). The van der Waals surface area contributed by atoms with Crippen LogP contribution < -0.4 is 5.32 Å². The number of halogens is 3. The molecule has 1 atom stereocenters. The van der Waals surface area contributed by atoms with Crippen LogP contribution >= 0.6 is 11.3 Å². The minimum Gasteiger partial charge on any atom is -0.305 e. The van der Waals surface area contributed by atoms with Crippen LogP contribution in [0.5, 0.6) is 0 Å². The summed E-state index contributed by atoms with van der Waals surface area (Å²) in [4.78, 5) is 8.05. The number of nitrogens with zero attached hydrogens (tertiary/aromatic N) is 2. The van der Waals surface area contributed by atoms with Crippen LogP contribution in [0.2, 0.25) is 0 Å². The van der Waals surface area contributed by atoms with E-state index in [-0.39, 0.29) is 13.0 Å². The van der Waals surface area contributed by atoms with Gasteiger partial charge in [0, 0.05) is 30.7 Å². The molecule has 0 radical (unpaired) electrons. The van der Waals surface area contributed by atoms with E-state index in [9.17, 15) is 13.2 Å². The van der Waals surface area contributed by atoms with Crippen molar-refractivity contribution in [2.24, 2.45) is 0 Å². The zero-order valence-corrected chi connectivity index (χ0v) is 12.3. The van der Waals surface area contributed by atoms with Crippen LogP contribution in [0.25, 0.3) is 0 Å². The summed E-state index contributed by atoms with van der Waals surface area (Å²) in [5, 5.41) is 5.39. The van der Waals surface area contributed by atoms with Crippen LogP contribution in [0.1, 0.15) is 16.3 Å². The molecule has 2 heterocycles. The van der Waals surface area contributed by atoms with E-state index in [0.29, 0.717) is 12.0 Å². The summed E-state index contributed by atoms with van der Waals surface area (Å²) in [7, 11) is 0. The summed E-state index contributed by atoms with van der Waals surface area (Å²) < 4.78 is 39.1. The largest absolute Gasteiger partial charge is 0.404 e. The fraction of sp³-hybridized carbons (Fsp3) is 0.429. The molecule has 0 aliphatic heterocycles. The van der Waals surface area contributed by atoms with Gasteiger partial charge in [0.1, 0.15) is 6.04 Å². The first-order valence-corrected chi connectivity index (χ1v) is 7.43. The maximum Gasteiger partial charge on any atom is 0.404 e. The Labute approximate surface area is 125 Å². The Kier molecular flexibility index (Phi) is 5.30. The van der Waals surface area contributed by atoms with Gasteiger partial charge in [0.15, 0.2) is 0 Å². The predicted molar refractivity (Wildman–Crippen MR) is 76.3 cm³/mol. The quantitative estimate of drug-likeness (QED) is 0.890. The molecule has 2 aromatic rings. The van der Waals surface area contributed by atoms with E-state index in [1.165, 1.54) is 23.7 Å². The molecule has 3 nitrogen and oxygen atoms in total. The summed E-state index contributed by atoms with van der Waals surface area (Å²) >= 11 is 1.50. The van der Waals surface area contributed by atoms with Crippen LogP contribution in [-0.2, 0) is 12.8 Å². The Morgan fingerprint density at radius 1 is 1.29 bits per heavy atom. The highest BCUT2D eigenvalue weighted by Gasteiger charge is 2.39. The maximum absolute atomic E-state index is 13.0. The molecular weight excluding hydrogens is 299 g/mol. The van der Waals surface area contributed by atoms with Crippen LogP contribution in [0.15, 0.2) is 29.9 Å². The van der Waals surface area contributed by atoms with E-state index in [4.69, 9.17) is 0 Å². The highest BCUT2D eigenvalue weighted by atomic mass is 32.1. The molecule has 1 N–H and O–H groups in total. The first kappa shape index (κ1) is 15.9. The summed E-state index contributed by atoms with van der Waals surface area (Å²) in [6, 6.07) is 1.65. The minimum absolute atomic E-state index is 0.0951. The summed E-state index contributed by atoms with van der Waals surface area (Å²) in [6.45, 7) is 2.13. The number of thiazole rings is 1. The molecule has 0 saturated heterocycles. The molecule has 0 aliphatic rings. The van der Waals surface area contributed by atoms with Gasteiger partial charge in [-0.05, 0) is 31.0 Å². The average Bonchev–Trinajstić information content (AvgIpc) is 2.83. The summed E-state index contributed by atoms with van der Waals surface area (Å²) in [5.74, 6) is 0. The Morgan fingerprint density at radius 2 is 2.00 bits per heavy atom. The van der Waals surface area contributed by atoms with Gasteiger partial charge in [0.2, 0.25) is 0 Å². The molecule has 0 bridgehead atoms. The Balaban J connectivity index is 1.91. The van der Waals surface area contributed by atoms with Gasteiger partial charge in [-0.3, -0.25) is 4.98 Å². The molecule has 7 heteroatoms. The first-order valence-electron chi connectivity index (χ1n) is 6.55. The van der Waals surface area contributed by atoms with E-state index in [2.05, 4.69) is 15.3 Å². The number of nitrogens with one attached hydrogen (secondary N) is 1. The van der Waals surface area contributed by atoms with Gasteiger partial charge in [-0.15, -0.1) is 11.3 Å². The molecule has 114 valence electrons. The summed E-state index contributed by atoms with van der Waals surface area (Å²) in [6.07, 6.45) is -0.877. The Hall–Kier alpha value is -1.47. The van der Waals surface area contributed by atoms with E-state index in [0.717, 1.165) is 10.7 Å². The molecule has 0 aromatic carbocycles. The van der Waals surface area contributed by atoms with Crippen molar-refractivity contribution in [3.8, 4) is 0 Å². The van der Waals surface area contributed by atoms with Gasteiger partial charge in [-0.25, -0.2) is 4.98 Å². The second-order valence-electron chi connectivity index (χ2n) is 4.72. The van der Waals surface area contributed by atoms with Crippen molar-refractivity contribution < 1.29 is 13.2 Å². The van der Waals surface area contributed by atoms with Crippen molar-refractivity contribution in [1.29, 1.82) is 0 Å². The van der Waals surface area contributed by atoms with Crippen LogP contribution in [-0.4, -0.2) is 28.7 Å². The molecular formula is C14H16F3N3S. The molecule has 0 unspecified atom stereocenters. The van der Waals surface area contributed by atoms with Crippen LogP contribution in [0, 0.1) is 6.92 Å². The van der Waals surface area contributed by atoms with E-state index in [1.807, 2.05) is 12.3 Å². The lowest BCUT2D eigenvalue weighted by molar-refractivity contribution is -0.155. The number of hydrogen-bond donors (Lipinski definition) is 1. The van der Waals surface area contributed by atoms with E-state index >= 15 is 0 Å². The van der Waals surface area contributed by atoms with Crippen molar-refractivity contribution in [2.75, 3.05) is 6.54 Å². The first-order chi connectivity index (χ1) is 9.95. The monoisotopic (exact) mass is 315 g/mol. The molecule has 0 aliphatic carbocycles. The molecule has 0 fully saturated rings. The normalized spacial score (nSPS) is 13.3. The van der Waals surface area contributed by atoms with Crippen molar-refractivity contribution in [1.82, 2.24) is 15.3 Å². The predicted octanol–water partition coefficient (Wildman–Crippen LogP) is 3.15. The fourth-order valence-electron chi connectivity index (χ4n) is 1.96. The number of aromatic nitrogens is 2. The van der Waals surface area contributed by atoms with Gasteiger partial charge >= 0.3 is 6.18 Å². The number of hydrogen-bond acceptors (Lipinski definition) is 4. The Bertz CT molecular complexity index is 554. The van der Waals surface area contributed by atoms with Gasteiger partial charge in [0.05, 0.1) is 10.7 Å². The molecule has 21 heavy (non-hydrogen) atoms. The van der Waals surface area contributed by atoms with E-state index < -0.39 is 12.2 Å². The second-order valence-corrected chi connectivity index (χ2v) is 5.78. The number of pyridine rings is 1. The molecule has 0 saturated carbocycles. The average molecular weight is 315 g/mol. The van der Waals surface area contributed by atoms with Gasteiger partial charge in [-0.2, -0.15) is 13.2 Å². The molecule has 0 amide bonds. The van der Waals surface area contributed by atoms with Crippen LogP contribution in [0.3, 0.4) is 0 Å². The maximum atomic E-state index is 13.0. The second kappa shape index (κ2) is 7.00. The molecule has 2 aromatic heterocycles. The van der Waals surface area contributed by atoms with Crippen molar-refractivity contribution in [2.45, 2.75) is 32.0 Å². The number of aryl methyl sites for hydroxylation is 1. The molecule has 0 spiro atoms. The lowest BCUT2D eigenvalue weighted by Crippen LogP contribution is -2.44. The zero-order chi connectivity index (χ0) is 15.3. The number of alkyl halides is 3. The Morgan fingerprint density at radius 3 is 2.57 bits per heavy atom.